The summed E-state index contributed by atoms with van der Waals surface area (Å²) in [6.45, 7) is 3.22. The molecule has 1 heterocycles. The maximum atomic E-state index is 13.7. The predicted molar refractivity (Wildman–Crippen MR) is 101 cm³/mol. The summed E-state index contributed by atoms with van der Waals surface area (Å²) in [5, 5.41) is 4.01. The van der Waals surface area contributed by atoms with E-state index in [-0.39, 0.29) is 39.6 Å². The fourth-order valence-corrected chi connectivity index (χ4v) is 2.59. The van der Waals surface area contributed by atoms with E-state index in [4.69, 9.17) is 31.3 Å². The van der Waals surface area contributed by atoms with E-state index in [1.807, 2.05) is 0 Å². The van der Waals surface area contributed by atoms with Gasteiger partial charge in [0.05, 0.1) is 17.8 Å². The van der Waals surface area contributed by atoms with Crippen LogP contribution in [0.5, 0.6) is 5.75 Å². The van der Waals surface area contributed by atoms with E-state index in [2.05, 4.69) is 10.1 Å². The minimum atomic E-state index is -0.856. The molecule has 1 aromatic heterocycles. The molecule has 0 spiro atoms. The van der Waals surface area contributed by atoms with Gasteiger partial charge in [-0.3, -0.25) is 0 Å². The number of ether oxygens (including phenoxy) is 2. The Morgan fingerprint density at radius 1 is 1.32 bits per heavy atom. The standard InChI is InChI=1S/C19H17ClFN3O4/c1-9-4-5-11(6-14(9)21)17-23-18(28-24-17)10(2)27-19(25)12-7-13(20)15(22)8-16(12)26-3/h4-8,10H,22H2,1-3H3. The summed E-state index contributed by atoms with van der Waals surface area (Å²) < 4.78 is 29.4. The summed E-state index contributed by atoms with van der Waals surface area (Å²) in [6, 6.07) is 7.38. The van der Waals surface area contributed by atoms with Gasteiger partial charge >= 0.3 is 5.97 Å². The van der Waals surface area contributed by atoms with E-state index in [1.54, 1.807) is 26.0 Å². The van der Waals surface area contributed by atoms with Gasteiger partial charge in [-0.1, -0.05) is 28.9 Å². The maximum Gasteiger partial charge on any atom is 0.342 e. The van der Waals surface area contributed by atoms with Crippen LogP contribution < -0.4 is 10.5 Å². The minimum absolute atomic E-state index is 0.0600. The summed E-state index contributed by atoms with van der Waals surface area (Å²) in [5.74, 6) is -0.613. The Morgan fingerprint density at radius 2 is 2.07 bits per heavy atom. The molecule has 0 bridgehead atoms. The molecule has 1 atom stereocenters. The number of hydrogen-bond donors (Lipinski definition) is 1. The van der Waals surface area contributed by atoms with Crippen molar-refractivity contribution in [2.75, 3.05) is 12.8 Å². The molecule has 0 aliphatic rings. The number of carbonyl (C=O) groups excluding carboxylic acids is 1. The molecule has 0 aliphatic heterocycles. The van der Waals surface area contributed by atoms with Crippen molar-refractivity contribution in [2.24, 2.45) is 0 Å². The molecule has 28 heavy (non-hydrogen) atoms. The van der Waals surface area contributed by atoms with Crippen LogP contribution in [0, 0.1) is 12.7 Å². The highest BCUT2D eigenvalue weighted by atomic mass is 35.5. The lowest BCUT2D eigenvalue weighted by molar-refractivity contribution is 0.0262. The first-order valence-corrected chi connectivity index (χ1v) is 8.62. The molecule has 146 valence electrons. The SMILES string of the molecule is COc1cc(N)c(Cl)cc1C(=O)OC(C)c1nc(-c2ccc(C)c(F)c2)no1. The first-order valence-electron chi connectivity index (χ1n) is 8.24. The quantitative estimate of drug-likeness (QED) is 0.497. The number of hydrogen-bond acceptors (Lipinski definition) is 7. The highest BCUT2D eigenvalue weighted by Crippen LogP contribution is 2.31. The number of nitrogens with zero attached hydrogens (tertiary/aromatic N) is 2. The fraction of sp³-hybridized carbons (Fsp3) is 0.211. The van der Waals surface area contributed by atoms with Gasteiger partial charge < -0.3 is 19.7 Å². The number of nitrogens with two attached hydrogens (primary N) is 1. The number of carbonyl (C=O) groups is 1. The van der Waals surface area contributed by atoms with Gasteiger partial charge in [0.25, 0.3) is 5.89 Å². The van der Waals surface area contributed by atoms with Crippen LogP contribution in [-0.4, -0.2) is 23.2 Å². The molecule has 0 saturated heterocycles. The second-order valence-electron chi connectivity index (χ2n) is 6.04. The molecule has 0 fully saturated rings. The molecule has 3 aromatic rings. The molecule has 2 N–H and O–H groups in total. The first-order chi connectivity index (χ1) is 13.3. The van der Waals surface area contributed by atoms with Crippen LogP contribution in [0.25, 0.3) is 11.4 Å². The monoisotopic (exact) mass is 405 g/mol. The van der Waals surface area contributed by atoms with E-state index < -0.39 is 12.1 Å². The van der Waals surface area contributed by atoms with Gasteiger partial charge in [-0.2, -0.15) is 4.98 Å². The molecule has 3 rings (SSSR count). The average molecular weight is 406 g/mol. The van der Waals surface area contributed by atoms with Crippen molar-refractivity contribution in [1.29, 1.82) is 0 Å². The van der Waals surface area contributed by atoms with Crippen molar-refractivity contribution in [1.82, 2.24) is 10.1 Å². The van der Waals surface area contributed by atoms with Gasteiger partial charge in [0.15, 0.2) is 6.10 Å². The Kier molecular flexibility index (Phi) is 5.51. The second kappa shape index (κ2) is 7.85. The number of aromatic nitrogens is 2. The van der Waals surface area contributed by atoms with Crippen molar-refractivity contribution < 1.29 is 23.2 Å². The van der Waals surface area contributed by atoms with E-state index in [0.717, 1.165) is 0 Å². The number of aryl methyl sites for hydroxylation is 1. The van der Waals surface area contributed by atoms with Gasteiger partial charge in [0, 0.05) is 11.6 Å². The predicted octanol–water partition coefficient (Wildman–Crippen LogP) is 4.35. The summed E-state index contributed by atoms with van der Waals surface area (Å²) >= 11 is 5.98. The Morgan fingerprint density at radius 3 is 2.75 bits per heavy atom. The molecule has 0 radical (unpaired) electrons. The lowest BCUT2D eigenvalue weighted by atomic mass is 10.1. The highest BCUT2D eigenvalue weighted by Gasteiger charge is 2.23. The van der Waals surface area contributed by atoms with Crippen molar-refractivity contribution in [2.45, 2.75) is 20.0 Å². The van der Waals surface area contributed by atoms with Crippen molar-refractivity contribution in [3.63, 3.8) is 0 Å². The molecule has 9 heteroatoms. The first kappa shape index (κ1) is 19.6. The number of nitrogen functional groups attached to an aromatic ring is 1. The van der Waals surface area contributed by atoms with E-state index in [1.165, 1.54) is 25.3 Å². The van der Waals surface area contributed by atoms with Crippen LogP contribution >= 0.6 is 11.6 Å². The lowest BCUT2D eigenvalue weighted by Crippen LogP contribution is -2.11. The topological polar surface area (TPSA) is 100 Å². The van der Waals surface area contributed by atoms with Crippen LogP contribution in [0.15, 0.2) is 34.9 Å². The van der Waals surface area contributed by atoms with Crippen LogP contribution in [0.4, 0.5) is 10.1 Å². The number of methoxy groups -OCH3 is 1. The Labute approximate surface area is 165 Å². The number of rotatable bonds is 5. The van der Waals surface area contributed by atoms with Crippen LogP contribution in [0.1, 0.15) is 34.8 Å². The number of esters is 1. The third-order valence-electron chi connectivity index (χ3n) is 4.04. The summed E-state index contributed by atoms with van der Waals surface area (Å²) in [5.41, 5.74) is 7.04. The summed E-state index contributed by atoms with van der Waals surface area (Å²) in [7, 11) is 1.40. The zero-order valence-corrected chi connectivity index (χ0v) is 16.1. The summed E-state index contributed by atoms with van der Waals surface area (Å²) in [4.78, 5) is 16.7. The van der Waals surface area contributed by atoms with Crippen LogP contribution in [0.3, 0.4) is 0 Å². The van der Waals surface area contributed by atoms with Gasteiger partial charge in [-0.25, -0.2) is 9.18 Å². The second-order valence-corrected chi connectivity index (χ2v) is 6.45. The van der Waals surface area contributed by atoms with Crippen molar-refractivity contribution >= 4 is 23.3 Å². The van der Waals surface area contributed by atoms with Gasteiger partial charge in [-0.05, 0) is 31.5 Å². The van der Waals surface area contributed by atoms with Crippen molar-refractivity contribution in [3.8, 4) is 17.1 Å². The molecular formula is C19H17ClFN3O4. The Balaban J connectivity index is 1.79. The minimum Gasteiger partial charge on any atom is -0.496 e. The average Bonchev–Trinajstić information content (AvgIpc) is 3.16. The fourth-order valence-electron chi connectivity index (χ4n) is 2.42. The number of anilines is 1. The molecular weight excluding hydrogens is 389 g/mol. The third-order valence-corrected chi connectivity index (χ3v) is 4.37. The van der Waals surface area contributed by atoms with E-state index >= 15 is 0 Å². The zero-order valence-electron chi connectivity index (χ0n) is 15.3. The maximum absolute atomic E-state index is 13.7. The molecule has 1 unspecified atom stereocenters. The molecule has 2 aromatic carbocycles. The Bertz CT molecular complexity index is 1040. The number of halogens is 2. The van der Waals surface area contributed by atoms with Crippen LogP contribution in [-0.2, 0) is 4.74 Å². The van der Waals surface area contributed by atoms with Crippen molar-refractivity contribution in [3.05, 3.63) is 58.2 Å². The normalized spacial score (nSPS) is 11.9. The summed E-state index contributed by atoms with van der Waals surface area (Å²) in [6.07, 6.45) is -0.856. The molecule has 0 amide bonds. The number of benzene rings is 2. The van der Waals surface area contributed by atoms with Crippen LogP contribution in [0.2, 0.25) is 5.02 Å². The van der Waals surface area contributed by atoms with Gasteiger partial charge in [-0.15, -0.1) is 0 Å². The zero-order chi connectivity index (χ0) is 20.4. The van der Waals surface area contributed by atoms with E-state index in [9.17, 15) is 9.18 Å². The molecule has 0 aliphatic carbocycles. The third kappa shape index (κ3) is 3.91. The largest absolute Gasteiger partial charge is 0.496 e. The lowest BCUT2D eigenvalue weighted by Gasteiger charge is -2.13. The Hall–Kier alpha value is -3.13. The van der Waals surface area contributed by atoms with Gasteiger partial charge in [0.2, 0.25) is 5.82 Å². The smallest absolute Gasteiger partial charge is 0.342 e. The van der Waals surface area contributed by atoms with E-state index in [0.29, 0.717) is 11.1 Å². The van der Waals surface area contributed by atoms with Gasteiger partial charge in [0.1, 0.15) is 17.1 Å². The highest BCUT2D eigenvalue weighted by molar-refractivity contribution is 6.33. The molecule has 0 saturated carbocycles. The molecule has 7 nitrogen and oxygen atoms in total.